The standard InChI is InChI=1S/C20H26N4O5/c1-2-3-9-28-20(27)24-13-17(10-18(24)19(25)26)29-14-16-12-23(22-21-16)11-15-7-5-4-6-8-15/h4-8,12,17-18H,2-3,9-11,13-14H2,1H3,(H,25,26). The average Bonchev–Trinajstić information content (AvgIpc) is 3.34. The molecule has 0 saturated carbocycles. The number of aromatic nitrogens is 3. The van der Waals surface area contributed by atoms with Gasteiger partial charge in [0.15, 0.2) is 0 Å². The van der Waals surface area contributed by atoms with Crippen molar-refractivity contribution in [2.24, 2.45) is 0 Å². The van der Waals surface area contributed by atoms with E-state index < -0.39 is 24.2 Å². The Kier molecular flexibility index (Phi) is 7.18. The highest BCUT2D eigenvalue weighted by molar-refractivity contribution is 5.80. The molecular formula is C20H26N4O5. The minimum Gasteiger partial charge on any atom is -0.480 e. The number of hydrogen-bond donors (Lipinski definition) is 1. The van der Waals surface area contributed by atoms with Crippen LogP contribution in [-0.2, 0) is 27.4 Å². The van der Waals surface area contributed by atoms with Crippen molar-refractivity contribution in [3.63, 3.8) is 0 Å². The second-order valence-electron chi connectivity index (χ2n) is 7.04. The van der Waals surface area contributed by atoms with Crippen LogP contribution in [0.1, 0.15) is 37.4 Å². The zero-order valence-corrected chi connectivity index (χ0v) is 16.4. The summed E-state index contributed by atoms with van der Waals surface area (Å²) < 4.78 is 12.7. The highest BCUT2D eigenvalue weighted by atomic mass is 16.6. The predicted octanol–water partition coefficient (Wildman–Crippen LogP) is 2.31. The highest BCUT2D eigenvalue weighted by Gasteiger charge is 2.41. The molecule has 156 valence electrons. The molecule has 0 aliphatic carbocycles. The van der Waals surface area contributed by atoms with E-state index in [4.69, 9.17) is 9.47 Å². The lowest BCUT2D eigenvalue weighted by molar-refractivity contribution is -0.141. The topological polar surface area (TPSA) is 107 Å². The molecule has 2 atom stereocenters. The van der Waals surface area contributed by atoms with Crippen molar-refractivity contribution in [2.75, 3.05) is 13.2 Å². The Bertz CT molecular complexity index is 810. The molecule has 2 aromatic rings. The molecule has 0 bridgehead atoms. The fourth-order valence-corrected chi connectivity index (χ4v) is 3.20. The largest absolute Gasteiger partial charge is 0.480 e. The molecule has 1 aliphatic heterocycles. The fraction of sp³-hybridized carbons (Fsp3) is 0.500. The van der Waals surface area contributed by atoms with Gasteiger partial charge in [-0.2, -0.15) is 0 Å². The number of carboxylic acids is 1. The molecule has 9 heteroatoms. The van der Waals surface area contributed by atoms with Crippen LogP contribution >= 0.6 is 0 Å². The van der Waals surface area contributed by atoms with E-state index in [2.05, 4.69) is 10.3 Å². The Morgan fingerprint density at radius 2 is 2.07 bits per heavy atom. The van der Waals surface area contributed by atoms with E-state index in [0.717, 1.165) is 18.4 Å². The molecule has 1 amide bonds. The molecular weight excluding hydrogens is 376 g/mol. The van der Waals surface area contributed by atoms with Crippen LogP contribution < -0.4 is 0 Å². The lowest BCUT2D eigenvalue weighted by atomic mass is 10.2. The third-order valence-electron chi connectivity index (χ3n) is 4.75. The fourth-order valence-electron chi connectivity index (χ4n) is 3.20. The molecule has 9 nitrogen and oxygen atoms in total. The maximum atomic E-state index is 12.2. The number of aliphatic carboxylic acids is 1. The third kappa shape index (κ3) is 5.77. The first-order valence-corrected chi connectivity index (χ1v) is 9.77. The summed E-state index contributed by atoms with van der Waals surface area (Å²) in [4.78, 5) is 24.9. The lowest BCUT2D eigenvalue weighted by Crippen LogP contribution is -2.41. The Balaban J connectivity index is 1.51. The van der Waals surface area contributed by atoms with Crippen molar-refractivity contribution in [3.05, 3.63) is 47.8 Å². The number of amides is 1. The zero-order valence-electron chi connectivity index (χ0n) is 16.4. The first kappa shape index (κ1) is 20.8. The average molecular weight is 402 g/mol. The highest BCUT2D eigenvalue weighted by Crippen LogP contribution is 2.22. The molecule has 1 aliphatic rings. The van der Waals surface area contributed by atoms with Crippen molar-refractivity contribution < 1.29 is 24.2 Å². The number of rotatable bonds is 9. The molecule has 1 aromatic carbocycles. The molecule has 2 unspecified atom stereocenters. The van der Waals surface area contributed by atoms with Gasteiger partial charge in [-0.15, -0.1) is 5.10 Å². The minimum atomic E-state index is -1.06. The molecule has 1 N–H and O–H groups in total. The second-order valence-corrected chi connectivity index (χ2v) is 7.04. The molecule has 0 radical (unpaired) electrons. The van der Waals surface area contributed by atoms with Gasteiger partial charge in [-0.3, -0.25) is 4.90 Å². The van der Waals surface area contributed by atoms with E-state index in [9.17, 15) is 14.7 Å². The Morgan fingerprint density at radius 3 is 2.79 bits per heavy atom. The summed E-state index contributed by atoms with van der Waals surface area (Å²) in [5.74, 6) is -1.06. The van der Waals surface area contributed by atoms with Crippen LogP contribution in [0.5, 0.6) is 0 Å². The first-order valence-electron chi connectivity index (χ1n) is 9.77. The number of carbonyl (C=O) groups excluding carboxylic acids is 1. The van der Waals surface area contributed by atoms with Gasteiger partial charge in [-0.05, 0) is 12.0 Å². The summed E-state index contributed by atoms with van der Waals surface area (Å²) in [7, 11) is 0. The summed E-state index contributed by atoms with van der Waals surface area (Å²) >= 11 is 0. The first-order chi connectivity index (χ1) is 14.1. The predicted molar refractivity (Wildman–Crippen MR) is 103 cm³/mol. The van der Waals surface area contributed by atoms with Gasteiger partial charge in [-0.25, -0.2) is 14.3 Å². The number of hydrogen-bond acceptors (Lipinski definition) is 6. The van der Waals surface area contributed by atoms with E-state index >= 15 is 0 Å². The number of ether oxygens (including phenoxy) is 2. The minimum absolute atomic E-state index is 0.181. The number of carbonyl (C=O) groups is 2. The molecule has 0 spiro atoms. The lowest BCUT2D eigenvalue weighted by Gasteiger charge is -2.20. The van der Waals surface area contributed by atoms with Crippen LogP contribution in [-0.4, -0.2) is 62.4 Å². The zero-order chi connectivity index (χ0) is 20.6. The van der Waals surface area contributed by atoms with Gasteiger partial charge < -0.3 is 14.6 Å². The number of likely N-dealkylation sites (tertiary alicyclic amines) is 1. The van der Waals surface area contributed by atoms with Crippen LogP contribution in [0, 0.1) is 0 Å². The third-order valence-corrected chi connectivity index (χ3v) is 4.75. The van der Waals surface area contributed by atoms with Crippen LogP contribution in [0.4, 0.5) is 4.79 Å². The van der Waals surface area contributed by atoms with Crippen molar-refractivity contribution >= 4 is 12.1 Å². The Hall–Kier alpha value is -2.94. The van der Waals surface area contributed by atoms with Crippen LogP contribution in [0.3, 0.4) is 0 Å². The van der Waals surface area contributed by atoms with E-state index in [-0.39, 0.29) is 26.2 Å². The summed E-state index contributed by atoms with van der Waals surface area (Å²) in [6.07, 6.45) is 2.66. The van der Waals surface area contributed by atoms with Crippen molar-refractivity contribution in [1.82, 2.24) is 19.9 Å². The SMILES string of the molecule is CCCCOC(=O)N1CC(OCc2cn(Cc3ccccc3)nn2)CC1C(=O)O. The van der Waals surface area contributed by atoms with Gasteiger partial charge in [0, 0.05) is 6.42 Å². The van der Waals surface area contributed by atoms with Gasteiger partial charge in [0.05, 0.1) is 38.6 Å². The van der Waals surface area contributed by atoms with Gasteiger partial charge >= 0.3 is 12.1 Å². The monoisotopic (exact) mass is 402 g/mol. The molecule has 3 rings (SSSR count). The van der Waals surface area contributed by atoms with E-state index in [0.29, 0.717) is 12.2 Å². The van der Waals surface area contributed by atoms with Crippen molar-refractivity contribution in [3.8, 4) is 0 Å². The summed E-state index contributed by atoms with van der Waals surface area (Å²) in [5, 5.41) is 17.6. The van der Waals surface area contributed by atoms with Crippen LogP contribution in [0.25, 0.3) is 0 Å². The smallest absolute Gasteiger partial charge is 0.410 e. The van der Waals surface area contributed by atoms with Gasteiger partial charge in [0.1, 0.15) is 11.7 Å². The quantitative estimate of drug-likeness (QED) is 0.641. The number of benzene rings is 1. The summed E-state index contributed by atoms with van der Waals surface area (Å²) in [5.41, 5.74) is 1.76. The Labute approximate surface area is 169 Å². The van der Waals surface area contributed by atoms with E-state index in [1.165, 1.54) is 4.90 Å². The molecule has 2 heterocycles. The number of nitrogens with zero attached hydrogens (tertiary/aromatic N) is 4. The van der Waals surface area contributed by atoms with E-state index in [1.54, 1.807) is 10.9 Å². The van der Waals surface area contributed by atoms with Crippen LogP contribution in [0.15, 0.2) is 36.5 Å². The van der Waals surface area contributed by atoms with Gasteiger partial charge in [0.25, 0.3) is 0 Å². The molecule has 29 heavy (non-hydrogen) atoms. The second kappa shape index (κ2) is 10.0. The van der Waals surface area contributed by atoms with Crippen LogP contribution in [0.2, 0.25) is 0 Å². The van der Waals surface area contributed by atoms with Crippen molar-refractivity contribution in [1.29, 1.82) is 0 Å². The Morgan fingerprint density at radius 1 is 1.28 bits per heavy atom. The van der Waals surface area contributed by atoms with E-state index in [1.807, 2.05) is 37.3 Å². The maximum absolute atomic E-state index is 12.2. The van der Waals surface area contributed by atoms with Gasteiger partial charge in [0.2, 0.25) is 0 Å². The maximum Gasteiger partial charge on any atom is 0.410 e. The number of carboxylic acid groups (broad SMARTS) is 1. The van der Waals surface area contributed by atoms with Crippen molar-refractivity contribution in [2.45, 2.75) is 51.5 Å². The molecule has 1 fully saturated rings. The number of unbranched alkanes of at least 4 members (excludes halogenated alkanes) is 1. The summed E-state index contributed by atoms with van der Waals surface area (Å²) in [6.45, 7) is 3.26. The van der Waals surface area contributed by atoms with Gasteiger partial charge in [-0.1, -0.05) is 48.9 Å². The molecule has 1 saturated heterocycles. The normalized spacial score (nSPS) is 18.7. The molecule has 1 aromatic heterocycles. The summed E-state index contributed by atoms with van der Waals surface area (Å²) in [6, 6.07) is 8.97.